The molecule has 0 radical (unpaired) electrons. The fourth-order valence-electron chi connectivity index (χ4n) is 2.89. The Morgan fingerprint density at radius 3 is 1.62 bits per heavy atom. The number of hydrogen-bond donors (Lipinski definition) is 2. The third-order valence-corrected chi connectivity index (χ3v) is 6.17. The number of aromatic nitrogens is 4. The third-order valence-electron chi connectivity index (χ3n) is 4.43. The fourth-order valence-corrected chi connectivity index (χ4v) is 3.85. The van der Waals surface area contributed by atoms with Crippen molar-refractivity contribution in [2.45, 2.75) is 9.79 Å². The smallest absolute Gasteiger partial charge is 1.00 e. The second kappa shape index (κ2) is 11.1. The van der Waals surface area contributed by atoms with Crippen LogP contribution in [0.25, 0.3) is 34.0 Å². The van der Waals surface area contributed by atoms with Gasteiger partial charge >= 0.3 is 29.6 Å². The van der Waals surface area contributed by atoms with Gasteiger partial charge < -0.3 is 1.43 Å². The van der Waals surface area contributed by atoms with E-state index in [4.69, 9.17) is 0 Å². The van der Waals surface area contributed by atoms with Gasteiger partial charge in [0.15, 0.2) is 0 Å². The van der Waals surface area contributed by atoms with E-state index in [0.717, 1.165) is 0 Å². The normalized spacial score (nSPS) is 11.2. The van der Waals surface area contributed by atoms with Crippen molar-refractivity contribution in [2.24, 2.45) is 0 Å². The van der Waals surface area contributed by atoms with Crippen molar-refractivity contribution in [3.63, 3.8) is 0 Å². The number of benzene rings is 2. The molecule has 0 amide bonds. The second-order valence-corrected chi connectivity index (χ2v) is 9.39. The molecule has 2 N–H and O–H groups in total. The summed E-state index contributed by atoms with van der Waals surface area (Å²) in [5.74, 6) is 0.220. The summed E-state index contributed by atoms with van der Waals surface area (Å²) >= 11 is 0. The van der Waals surface area contributed by atoms with Crippen LogP contribution in [0.5, 0.6) is 0 Å². The quantitative estimate of drug-likeness (QED) is 0.253. The van der Waals surface area contributed by atoms with Gasteiger partial charge in [0.25, 0.3) is 20.2 Å². The minimum Gasteiger partial charge on any atom is -1.00 e. The average Bonchev–Trinajstić information content (AvgIpc) is 2.78. The maximum absolute atomic E-state index is 11.4. The minimum absolute atomic E-state index is 0. The van der Waals surface area contributed by atoms with E-state index in [9.17, 15) is 25.9 Å². The van der Waals surface area contributed by atoms with Crippen molar-refractivity contribution in [1.82, 2.24) is 20.2 Å². The van der Waals surface area contributed by atoms with E-state index in [0.29, 0.717) is 22.5 Å². The van der Waals surface area contributed by atoms with E-state index in [1.807, 2.05) is 0 Å². The summed E-state index contributed by atoms with van der Waals surface area (Å²) in [5, 5.41) is 8.34. The molecule has 0 saturated carbocycles. The van der Waals surface area contributed by atoms with Crippen LogP contribution in [-0.2, 0) is 37.3 Å². The van der Waals surface area contributed by atoms with E-state index >= 15 is 0 Å². The second-order valence-electron chi connectivity index (χ2n) is 6.55. The first-order valence-electron chi connectivity index (χ1n) is 8.95. The van der Waals surface area contributed by atoms with Crippen LogP contribution in [-0.4, -0.2) is 46.1 Å². The Balaban J connectivity index is 0.00000204. The first-order chi connectivity index (χ1) is 15.1. The van der Waals surface area contributed by atoms with Crippen LogP contribution in [0.1, 0.15) is 1.43 Å². The monoisotopic (exact) mass is 550 g/mol. The molecule has 0 fully saturated rings. The molecule has 14 heteroatoms. The predicted octanol–water partition coefficient (Wildman–Crippen LogP) is -0.125. The summed E-state index contributed by atoms with van der Waals surface area (Å²) in [4.78, 5) is 8.17. The molecule has 0 aliphatic carbocycles. The Kier molecular flexibility index (Phi) is 9.22. The Hall–Kier alpha value is -2.06. The zero-order chi connectivity index (χ0) is 22.9. The van der Waals surface area contributed by atoms with Gasteiger partial charge in [0.1, 0.15) is 17.1 Å². The van der Waals surface area contributed by atoms with Crippen molar-refractivity contribution in [3.8, 4) is 34.0 Å². The van der Waals surface area contributed by atoms with Crippen LogP contribution < -0.4 is 29.6 Å². The topological polar surface area (TPSA) is 160 Å². The molecule has 0 bridgehead atoms. The first kappa shape index (κ1) is 28.2. The molecule has 34 heavy (non-hydrogen) atoms. The van der Waals surface area contributed by atoms with Crippen molar-refractivity contribution < 1.29 is 74.0 Å². The predicted molar refractivity (Wildman–Crippen MR) is 115 cm³/mol. The molecular weight excluding hydrogens is 535 g/mol. The zero-order valence-electron chi connectivity index (χ0n) is 18.4. The van der Waals surface area contributed by atoms with Crippen molar-refractivity contribution in [3.05, 3.63) is 72.9 Å². The molecule has 4 aromatic rings. The summed E-state index contributed by atoms with van der Waals surface area (Å²) in [7, 11) is -8.74. The van der Waals surface area contributed by atoms with Gasteiger partial charge in [-0.05, 0) is 36.4 Å². The van der Waals surface area contributed by atoms with Gasteiger partial charge in [0, 0.05) is 34.4 Å². The molecule has 2 aromatic carbocycles. The zero-order valence-corrected chi connectivity index (χ0v) is 22.2. The molecule has 10 nitrogen and oxygen atoms in total. The SMILES string of the molecule is O=S(=O)(O)c1ccc(-c2nnc(-c3ccccn3)nc2-c2ccc(S(=O)(=O)O)cc2)cc1.[Fe].[H-].[Na+]. The summed E-state index contributed by atoms with van der Waals surface area (Å²) < 4.78 is 63.8. The third kappa shape index (κ3) is 6.33. The van der Waals surface area contributed by atoms with Gasteiger partial charge in [-0.3, -0.25) is 14.1 Å². The van der Waals surface area contributed by atoms with Gasteiger partial charge in [-0.2, -0.15) is 16.8 Å². The van der Waals surface area contributed by atoms with Gasteiger partial charge in [-0.25, -0.2) is 4.98 Å². The van der Waals surface area contributed by atoms with Crippen LogP contribution in [0.3, 0.4) is 0 Å². The van der Waals surface area contributed by atoms with E-state index < -0.39 is 20.2 Å². The molecule has 4 rings (SSSR count). The molecular formula is C20H15FeN4NaO6S2. The molecule has 2 heterocycles. The van der Waals surface area contributed by atoms with Gasteiger partial charge in [-0.15, -0.1) is 10.2 Å². The number of nitrogens with zero attached hydrogens (tertiary/aromatic N) is 4. The molecule has 172 valence electrons. The number of rotatable bonds is 5. The average molecular weight is 550 g/mol. The fraction of sp³-hybridized carbons (Fsp3) is 0. The van der Waals surface area contributed by atoms with Crippen LogP contribution in [0, 0.1) is 0 Å². The van der Waals surface area contributed by atoms with Crippen LogP contribution in [0.4, 0.5) is 0 Å². The first-order valence-corrected chi connectivity index (χ1v) is 11.8. The standard InChI is InChI=1S/C20H14N4O6S2.Fe.Na.H/c25-31(26,27)15-8-4-13(5-9-15)18-19(14-6-10-16(11-7-14)32(28,29)30)23-24-20(22-18)17-3-1-2-12-21-17;;;/h1-12H,(H,25,26,27)(H,28,29,30);;;/q;;+1;-1. The summed E-state index contributed by atoms with van der Waals surface area (Å²) in [6.45, 7) is 0. The molecule has 0 aliphatic rings. The van der Waals surface area contributed by atoms with E-state index in [1.54, 1.807) is 24.4 Å². The maximum Gasteiger partial charge on any atom is 1.00 e. The van der Waals surface area contributed by atoms with E-state index in [-0.39, 0.29) is 69.4 Å². The number of hydrogen-bond acceptors (Lipinski definition) is 8. The minimum atomic E-state index is -4.37. The van der Waals surface area contributed by atoms with Gasteiger partial charge in [0.2, 0.25) is 5.82 Å². The molecule has 0 spiro atoms. The van der Waals surface area contributed by atoms with Crippen LogP contribution >= 0.6 is 0 Å². The summed E-state index contributed by atoms with van der Waals surface area (Å²) in [6.07, 6.45) is 1.57. The van der Waals surface area contributed by atoms with E-state index in [1.165, 1.54) is 48.5 Å². The molecule has 0 atom stereocenters. The van der Waals surface area contributed by atoms with Gasteiger partial charge in [-0.1, -0.05) is 30.3 Å². The Morgan fingerprint density at radius 1 is 0.676 bits per heavy atom. The van der Waals surface area contributed by atoms with Crippen molar-refractivity contribution in [1.29, 1.82) is 0 Å². The Labute approximate surface area is 229 Å². The Bertz CT molecular complexity index is 1510. The van der Waals surface area contributed by atoms with Crippen molar-refractivity contribution >= 4 is 20.2 Å². The molecule has 0 unspecified atom stereocenters. The Morgan fingerprint density at radius 2 is 1.18 bits per heavy atom. The molecule has 2 aromatic heterocycles. The van der Waals surface area contributed by atoms with Gasteiger partial charge in [0.05, 0.1) is 9.79 Å². The van der Waals surface area contributed by atoms with Crippen LogP contribution in [0.15, 0.2) is 82.7 Å². The molecule has 0 saturated heterocycles. The maximum atomic E-state index is 11.4. The van der Waals surface area contributed by atoms with E-state index in [2.05, 4.69) is 20.2 Å². The molecule has 0 aliphatic heterocycles. The summed E-state index contributed by atoms with van der Waals surface area (Å²) in [5.41, 5.74) is 1.99. The largest absolute Gasteiger partial charge is 1.00 e. The number of pyridine rings is 1. The summed E-state index contributed by atoms with van der Waals surface area (Å²) in [6, 6.07) is 15.8. The van der Waals surface area contributed by atoms with Crippen molar-refractivity contribution in [2.75, 3.05) is 0 Å². The van der Waals surface area contributed by atoms with Crippen LogP contribution in [0.2, 0.25) is 0 Å².